The van der Waals surface area contributed by atoms with Gasteiger partial charge in [0.15, 0.2) is 5.82 Å². The van der Waals surface area contributed by atoms with Crippen molar-refractivity contribution in [3.05, 3.63) is 384 Å². The average molecular weight is 1290 g/mol. The van der Waals surface area contributed by atoms with Gasteiger partial charge in [-0.2, -0.15) is 0 Å². The molecule has 4 heterocycles. The molecule has 101 heavy (non-hydrogen) atoms. The molecule has 0 bridgehead atoms. The highest BCUT2D eigenvalue weighted by Crippen LogP contribution is 2.65. The molecule has 0 fully saturated rings. The van der Waals surface area contributed by atoms with E-state index in [1.54, 1.807) is 0 Å². The van der Waals surface area contributed by atoms with Crippen LogP contribution in [0.25, 0.3) is 134 Å². The number of rotatable bonds is 8. The summed E-state index contributed by atoms with van der Waals surface area (Å²) in [5.41, 5.74) is 26.9. The summed E-state index contributed by atoms with van der Waals surface area (Å²) in [4.78, 5) is 10.8. The van der Waals surface area contributed by atoms with Gasteiger partial charge >= 0.3 is 0 Å². The minimum Gasteiger partial charge on any atom is -0.457 e. The normalized spacial score (nSPS) is 13.5. The van der Waals surface area contributed by atoms with Crippen molar-refractivity contribution in [1.82, 2.24) is 20.2 Å². The van der Waals surface area contributed by atoms with Gasteiger partial charge in [-0.25, -0.2) is 9.97 Å². The number of ether oxygens (including phenoxy) is 2. The Morgan fingerprint density at radius 1 is 0.238 bits per heavy atom. The maximum Gasteiger partial charge on any atom is 0.249 e. The van der Waals surface area contributed by atoms with E-state index in [0.717, 1.165) is 139 Å². The van der Waals surface area contributed by atoms with E-state index in [1.165, 1.54) is 44.5 Å². The van der Waals surface area contributed by atoms with Crippen LogP contribution in [0.5, 0.6) is 23.0 Å². The topological polar surface area (TPSA) is 83.2 Å². The second kappa shape index (κ2) is 22.1. The van der Waals surface area contributed by atoms with Crippen LogP contribution in [0.4, 0.5) is 0 Å². The molecule has 2 aliphatic heterocycles. The third kappa shape index (κ3) is 8.47. The molecule has 2 spiro atoms. The van der Waals surface area contributed by atoms with Gasteiger partial charge in [0.05, 0.1) is 27.6 Å². The van der Waals surface area contributed by atoms with Gasteiger partial charge in [0.2, 0.25) is 11.8 Å². The van der Waals surface area contributed by atoms with Crippen LogP contribution in [0.15, 0.2) is 344 Å². The smallest absolute Gasteiger partial charge is 0.249 e. The minimum absolute atomic E-state index is 0.446. The molecule has 4 aliphatic rings. The summed E-state index contributed by atoms with van der Waals surface area (Å²) in [5.74, 6) is 4.85. The molecule has 21 rings (SSSR count). The van der Waals surface area contributed by atoms with Crippen molar-refractivity contribution in [2.75, 3.05) is 0 Å². The maximum atomic E-state index is 7.40. The minimum atomic E-state index is -0.694. The Balaban J connectivity index is 0.635. The molecule has 0 atom stereocenters. The first-order chi connectivity index (χ1) is 50.0. The zero-order valence-electron chi connectivity index (χ0n) is 54.3. The van der Waals surface area contributed by atoms with Crippen molar-refractivity contribution in [1.29, 1.82) is 0 Å². The summed E-state index contributed by atoms with van der Waals surface area (Å²) in [6.07, 6.45) is 0. The number of para-hydroxylation sites is 1. The molecule has 470 valence electrons. The summed E-state index contributed by atoms with van der Waals surface area (Å²) in [5, 5.41) is 12.3. The lowest BCUT2D eigenvalue weighted by atomic mass is 9.65. The van der Waals surface area contributed by atoms with Crippen LogP contribution < -0.4 is 9.47 Å². The molecular weight excluding hydrogens is 1230 g/mol. The molecular formula is C94H56N4O3. The zero-order chi connectivity index (χ0) is 66.3. The summed E-state index contributed by atoms with van der Waals surface area (Å²) < 4.78 is 20.9. The maximum absolute atomic E-state index is 7.40. The van der Waals surface area contributed by atoms with Crippen molar-refractivity contribution in [2.24, 2.45) is 0 Å². The Hall–Kier alpha value is -13.4. The van der Waals surface area contributed by atoms with E-state index in [2.05, 4.69) is 308 Å². The van der Waals surface area contributed by atoms with Crippen molar-refractivity contribution < 1.29 is 13.9 Å². The van der Waals surface area contributed by atoms with E-state index < -0.39 is 10.8 Å². The van der Waals surface area contributed by atoms with Crippen LogP contribution in [0.3, 0.4) is 0 Å². The Bertz CT molecular complexity index is 6190. The quantitative estimate of drug-likeness (QED) is 0.150. The number of aromatic nitrogens is 4. The lowest BCUT2D eigenvalue weighted by Gasteiger charge is -2.39. The molecule has 0 N–H and O–H groups in total. The third-order valence-electron chi connectivity index (χ3n) is 21.5. The van der Waals surface area contributed by atoms with Crippen LogP contribution in [-0.2, 0) is 10.8 Å². The van der Waals surface area contributed by atoms with Crippen LogP contribution in [0.1, 0.15) is 44.5 Å². The van der Waals surface area contributed by atoms with Gasteiger partial charge in [0.1, 0.15) is 23.0 Å². The van der Waals surface area contributed by atoms with E-state index in [1.807, 2.05) is 36.4 Å². The monoisotopic (exact) mass is 1290 g/mol. The van der Waals surface area contributed by atoms with E-state index in [-0.39, 0.29) is 0 Å². The van der Waals surface area contributed by atoms with Crippen molar-refractivity contribution in [2.45, 2.75) is 10.8 Å². The molecule has 0 saturated heterocycles. The SMILES string of the molecule is c1ccc(-c2nnc(-c3c(-c4ccc5c(c4)Oc4cc(-c6ccc7c(-c8ccccc8)nc(-c8ccc(-c9ccc(-c%10ccc%11c(c%10)Oc%10ccccc%10C%11%10c%11ccccc%11-c%11ccccc%11%10)cc9)cc8)nc7c6)ccc4C54c5ccccc5-c5ccccc54)ccc4ccccc34)o2)cc1. The molecule has 17 aromatic rings. The first-order valence-corrected chi connectivity index (χ1v) is 34.3. The number of hydrogen-bond acceptors (Lipinski definition) is 7. The average Bonchev–Trinajstić information content (AvgIpc) is 1.56. The van der Waals surface area contributed by atoms with Crippen LogP contribution in [0.2, 0.25) is 0 Å². The molecule has 0 amide bonds. The van der Waals surface area contributed by atoms with Gasteiger partial charge in [0, 0.05) is 44.3 Å². The summed E-state index contributed by atoms with van der Waals surface area (Å²) in [6.45, 7) is 0. The summed E-state index contributed by atoms with van der Waals surface area (Å²) in [7, 11) is 0. The largest absolute Gasteiger partial charge is 0.457 e. The van der Waals surface area contributed by atoms with Crippen LogP contribution in [-0.4, -0.2) is 20.2 Å². The number of nitrogens with zero attached hydrogens (tertiary/aromatic N) is 4. The Kier molecular flexibility index (Phi) is 12.4. The van der Waals surface area contributed by atoms with Gasteiger partial charge in [-0.3, -0.25) is 0 Å². The molecule has 7 heteroatoms. The van der Waals surface area contributed by atoms with Crippen molar-refractivity contribution in [3.63, 3.8) is 0 Å². The highest BCUT2D eigenvalue weighted by Gasteiger charge is 2.53. The standard InChI is InChI=1S/C94H56N4O3/c1-3-20-61(21-4-1)89-74-49-44-64(53-83(74)95-90(96-89)62-41-39-58(40-42-62)57-35-37-59(38-36-57)65-45-50-80-85(54-65)99-84-34-18-17-33-79(84)93(80)75-29-13-9-25-70(75)71-26-10-14-30-76(71)93)66-46-51-81-86(55-66)100-87-56-67(47-52-82(87)94(81)77-31-15-11-27-72(77)73-28-12-16-32-78(73)94)69-48-43-60-19-7-8-24-68(60)88(69)92-98-97-91(101-92)63-22-5-2-6-23-63/h1-56H. The molecule has 0 saturated carbocycles. The lowest BCUT2D eigenvalue weighted by Crippen LogP contribution is -2.32. The van der Waals surface area contributed by atoms with Gasteiger partial charge < -0.3 is 13.9 Å². The Morgan fingerprint density at radius 3 is 1.25 bits per heavy atom. The third-order valence-corrected chi connectivity index (χ3v) is 21.5. The van der Waals surface area contributed by atoms with E-state index in [4.69, 9.17) is 29.0 Å². The molecule has 0 unspecified atom stereocenters. The number of benzene rings is 15. The Morgan fingerprint density at radius 2 is 0.653 bits per heavy atom. The molecule has 2 aliphatic carbocycles. The van der Waals surface area contributed by atoms with Gasteiger partial charge in [-0.1, -0.05) is 291 Å². The first-order valence-electron chi connectivity index (χ1n) is 34.3. The van der Waals surface area contributed by atoms with Crippen molar-refractivity contribution >= 4 is 21.7 Å². The van der Waals surface area contributed by atoms with Crippen LogP contribution in [0, 0.1) is 0 Å². The summed E-state index contributed by atoms with van der Waals surface area (Å²) >= 11 is 0. The predicted molar refractivity (Wildman–Crippen MR) is 403 cm³/mol. The second-order valence-electron chi connectivity index (χ2n) is 26.7. The fraction of sp³-hybridized carbons (Fsp3) is 0.0213. The van der Waals surface area contributed by atoms with Crippen molar-refractivity contribution in [3.8, 4) is 135 Å². The zero-order valence-corrected chi connectivity index (χ0v) is 54.3. The molecule has 2 aromatic heterocycles. The lowest BCUT2D eigenvalue weighted by molar-refractivity contribution is 0.436. The highest BCUT2D eigenvalue weighted by atomic mass is 16.5. The second-order valence-corrected chi connectivity index (χ2v) is 26.7. The molecule has 0 radical (unpaired) electrons. The number of hydrogen-bond donors (Lipinski definition) is 0. The fourth-order valence-electron chi connectivity index (χ4n) is 17.0. The number of fused-ring (bicyclic) bond motifs is 20. The van der Waals surface area contributed by atoms with Crippen LogP contribution >= 0.6 is 0 Å². The molecule has 7 nitrogen and oxygen atoms in total. The van der Waals surface area contributed by atoms with E-state index >= 15 is 0 Å². The van der Waals surface area contributed by atoms with E-state index in [9.17, 15) is 0 Å². The Labute approximate surface area is 582 Å². The van der Waals surface area contributed by atoms with Gasteiger partial charge in [0.25, 0.3) is 0 Å². The van der Waals surface area contributed by atoms with Gasteiger partial charge in [-0.15, -0.1) is 10.2 Å². The first kappa shape index (κ1) is 56.8. The molecule has 15 aromatic carbocycles. The van der Waals surface area contributed by atoms with Gasteiger partial charge in [-0.05, 0) is 148 Å². The van der Waals surface area contributed by atoms with E-state index in [0.29, 0.717) is 17.6 Å². The predicted octanol–water partition coefficient (Wildman–Crippen LogP) is 23.4. The summed E-state index contributed by atoms with van der Waals surface area (Å²) in [6, 6.07) is 121. The fourth-order valence-corrected chi connectivity index (χ4v) is 17.0. The highest BCUT2D eigenvalue weighted by molar-refractivity contribution is 6.03.